The molecule has 0 N–H and O–H groups in total. The number of rotatable bonds is 10. The second-order valence-corrected chi connectivity index (χ2v) is 7.45. The van der Waals surface area contributed by atoms with Gasteiger partial charge in [-0.15, -0.1) is 13.2 Å². The smallest absolute Gasteiger partial charge is 0.0300 e. The Hall–Kier alpha value is -0.520. The van der Waals surface area contributed by atoms with Crippen LogP contribution in [0.3, 0.4) is 0 Å². The molecule has 0 aliphatic carbocycles. The molecule has 19 heavy (non-hydrogen) atoms. The van der Waals surface area contributed by atoms with Crippen LogP contribution in [0.4, 0.5) is 0 Å². The first-order chi connectivity index (χ1) is 8.70. The van der Waals surface area contributed by atoms with E-state index in [0.29, 0.717) is 0 Å². The van der Waals surface area contributed by atoms with Gasteiger partial charge in [0.2, 0.25) is 0 Å². The Morgan fingerprint density at radius 1 is 0.632 bits per heavy atom. The summed E-state index contributed by atoms with van der Waals surface area (Å²) in [4.78, 5) is 0. The van der Waals surface area contributed by atoms with Crippen LogP contribution in [0.15, 0.2) is 24.3 Å². The first-order valence-corrected chi connectivity index (χ1v) is 7.99. The van der Waals surface area contributed by atoms with E-state index in [2.05, 4.69) is 54.7 Å². The van der Waals surface area contributed by atoms with Gasteiger partial charge in [0.25, 0.3) is 0 Å². The number of hydrogen-bond acceptors (Lipinski definition) is 0. The molecule has 0 nitrogen and oxygen atoms in total. The summed E-state index contributed by atoms with van der Waals surface area (Å²) in [7, 11) is 0. The van der Waals surface area contributed by atoms with Crippen molar-refractivity contribution in [2.45, 2.75) is 73.6 Å². The monoisotopic (exact) mass is 264 g/mol. The van der Waals surface area contributed by atoms with Crippen molar-refractivity contribution in [2.24, 2.45) is 23.7 Å². The van der Waals surface area contributed by atoms with Crippen molar-refractivity contribution in [3.8, 4) is 0 Å². The van der Waals surface area contributed by atoms with Crippen molar-refractivity contribution < 1.29 is 0 Å². The van der Waals surface area contributed by atoms with Crippen LogP contribution in [0.2, 0.25) is 0 Å². The molecule has 0 aliphatic rings. The summed E-state index contributed by atoms with van der Waals surface area (Å²) in [6, 6.07) is 0. The van der Waals surface area contributed by atoms with Crippen LogP contribution in [0.5, 0.6) is 0 Å². The normalized spacial score (nSPS) is 17.6. The third-order valence-electron chi connectivity index (χ3n) is 3.81. The van der Waals surface area contributed by atoms with Crippen molar-refractivity contribution in [1.82, 2.24) is 0 Å². The van der Waals surface area contributed by atoms with E-state index in [0.717, 1.165) is 23.7 Å². The minimum absolute atomic E-state index is 0.785. The molecule has 0 bridgehead atoms. The largest absolute Gasteiger partial charge is 0.100 e. The maximum absolute atomic E-state index is 4.02. The lowest BCUT2D eigenvalue weighted by Crippen LogP contribution is -2.10. The molecule has 4 unspecified atom stereocenters. The fourth-order valence-electron chi connectivity index (χ4n) is 3.61. The summed E-state index contributed by atoms with van der Waals surface area (Å²) < 4.78 is 0. The van der Waals surface area contributed by atoms with Crippen LogP contribution >= 0.6 is 0 Å². The minimum Gasteiger partial charge on any atom is -0.100 e. The Balaban J connectivity index is 3.94. The van der Waals surface area contributed by atoms with Gasteiger partial charge in [0.1, 0.15) is 0 Å². The predicted octanol–water partition coefficient (Wildman–Crippen LogP) is 6.63. The van der Waals surface area contributed by atoms with Crippen LogP contribution < -0.4 is 0 Å². The summed E-state index contributed by atoms with van der Waals surface area (Å²) >= 11 is 0. The molecular weight excluding hydrogens is 228 g/mol. The van der Waals surface area contributed by atoms with Crippen LogP contribution in [0, 0.1) is 23.7 Å². The minimum atomic E-state index is 0.785. The molecule has 112 valence electrons. The molecule has 0 fully saturated rings. The lowest BCUT2D eigenvalue weighted by Gasteiger charge is -2.23. The highest BCUT2D eigenvalue weighted by Crippen LogP contribution is 2.27. The summed E-state index contributed by atoms with van der Waals surface area (Å²) in [6.45, 7) is 21.9. The highest BCUT2D eigenvalue weighted by molar-refractivity contribution is 4.90. The van der Waals surface area contributed by atoms with Crippen molar-refractivity contribution >= 4 is 0 Å². The molecule has 0 aromatic carbocycles. The first-order valence-electron chi connectivity index (χ1n) is 7.99. The van der Waals surface area contributed by atoms with E-state index in [1.807, 2.05) is 0 Å². The Labute approximate surface area is 122 Å². The second kappa shape index (κ2) is 9.39. The Morgan fingerprint density at radius 3 is 1.16 bits per heavy atom. The van der Waals surface area contributed by atoms with Gasteiger partial charge in [-0.2, -0.15) is 0 Å². The SMILES string of the molecule is C=C(C)CC(C)CC(C)CC(C)CC(C)CC(=C)C. The third-order valence-corrected chi connectivity index (χ3v) is 3.81. The zero-order chi connectivity index (χ0) is 15.0. The molecule has 0 radical (unpaired) electrons. The zero-order valence-electron chi connectivity index (χ0n) is 14.3. The van der Waals surface area contributed by atoms with E-state index >= 15 is 0 Å². The second-order valence-electron chi connectivity index (χ2n) is 7.45. The van der Waals surface area contributed by atoms with Crippen molar-refractivity contribution in [3.63, 3.8) is 0 Å². The van der Waals surface area contributed by atoms with E-state index in [4.69, 9.17) is 0 Å². The van der Waals surface area contributed by atoms with E-state index in [1.54, 1.807) is 0 Å². The van der Waals surface area contributed by atoms with Gasteiger partial charge < -0.3 is 0 Å². The highest BCUT2D eigenvalue weighted by atomic mass is 14.2. The summed E-state index contributed by atoms with van der Waals surface area (Å²) in [6.07, 6.45) is 6.41. The summed E-state index contributed by atoms with van der Waals surface area (Å²) in [5.74, 6) is 3.24. The maximum Gasteiger partial charge on any atom is -0.0300 e. The van der Waals surface area contributed by atoms with Crippen LogP contribution in [0.25, 0.3) is 0 Å². The molecule has 4 atom stereocenters. The highest BCUT2D eigenvalue weighted by Gasteiger charge is 2.15. The van der Waals surface area contributed by atoms with Gasteiger partial charge in [-0.05, 0) is 69.6 Å². The molecule has 0 aromatic rings. The lowest BCUT2D eigenvalue weighted by atomic mass is 9.83. The van der Waals surface area contributed by atoms with Crippen LogP contribution in [0.1, 0.15) is 73.6 Å². The van der Waals surface area contributed by atoms with E-state index in [1.165, 1.54) is 43.3 Å². The number of hydrogen-bond donors (Lipinski definition) is 0. The van der Waals surface area contributed by atoms with E-state index in [9.17, 15) is 0 Å². The molecule has 0 aromatic heterocycles. The Bertz CT molecular complexity index is 246. The molecule has 0 saturated heterocycles. The standard InChI is InChI=1S/C19H36/c1-14(2)9-16(5)11-18(7)13-19(8)12-17(6)10-15(3)4/h16-19H,1,3,9-13H2,2,4-8H3. The van der Waals surface area contributed by atoms with Gasteiger partial charge in [0.15, 0.2) is 0 Å². The lowest BCUT2D eigenvalue weighted by molar-refractivity contribution is 0.306. The molecular formula is C19H36. The average molecular weight is 264 g/mol. The average Bonchev–Trinajstić information content (AvgIpc) is 2.12. The third kappa shape index (κ3) is 11.0. The predicted molar refractivity (Wildman–Crippen MR) is 89.4 cm³/mol. The molecule has 0 amide bonds. The van der Waals surface area contributed by atoms with Crippen molar-refractivity contribution in [2.75, 3.05) is 0 Å². The molecule has 0 saturated carbocycles. The van der Waals surface area contributed by atoms with Crippen molar-refractivity contribution in [3.05, 3.63) is 24.3 Å². The molecule has 0 aliphatic heterocycles. The van der Waals surface area contributed by atoms with Gasteiger partial charge in [-0.1, -0.05) is 38.8 Å². The quantitative estimate of drug-likeness (QED) is 0.388. The summed E-state index contributed by atoms with van der Waals surface area (Å²) in [5.41, 5.74) is 2.64. The Kier molecular flexibility index (Phi) is 9.14. The van der Waals surface area contributed by atoms with Gasteiger partial charge in [-0.25, -0.2) is 0 Å². The van der Waals surface area contributed by atoms with Crippen LogP contribution in [-0.4, -0.2) is 0 Å². The maximum atomic E-state index is 4.02. The van der Waals surface area contributed by atoms with E-state index < -0.39 is 0 Å². The van der Waals surface area contributed by atoms with Gasteiger partial charge in [-0.3, -0.25) is 0 Å². The summed E-state index contributed by atoms with van der Waals surface area (Å²) in [5, 5.41) is 0. The van der Waals surface area contributed by atoms with Gasteiger partial charge >= 0.3 is 0 Å². The van der Waals surface area contributed by atoms with E-state index in [-0.39, 0.29) is 0 Å². The fourth-order valence-corrected chi connectivity index (χ4v) is 3.61. The molecule has 0 rings (SSSR count). The van der Waals surface area contributed by atoms with Gasteiger partial charge in [0.05, 0.1) is 0 Å². The first kappa shape index (κ1) is 18.5. The topological polar surface area (TPSA) is 0 Å². The molecule has 0 heterocycles. The molecule has 0 spiro atoms. The van der Waals surface area contributed by atoms with Crippen LogP contribution in [-0.2, 0) is 0 Å². The Morgan fingerprint density at radius 2 is 0.895 bits per heavy atom. The van der Waals surface area contributed by atoms with Crippen molar-refractivity contribution in [1.29, 1.82) is 0 Å². The fraction of sp³-hybridized carbons (Fsp3) is 0.789. The zero-order valence-corrected chi connectivity index (χ0v) is 14.3. The van der Waals surface area contributed by atoms with Gasteiger partial charge in [0, 0.05) is 0 Å². The molecule has 0 heteroatoms. The number of allylic oxidation sites excluding steroid dienone is 2.